The van der Waals surface area contributed by atoms with Gasteiger partial charge in [0, 0.05) is 29.7 Å². The van der Waals surface area contributed by atoms with E-state index in [1.165, 1.54) is 19.1 Å². The summed E-state index contributed by atoms with van der Waals surface area (Å²) in [6, 6.07) is 1.94. The van der Waals surface area contributed by atoms with Gasteiger partial charge in [-0.1, -0.05) is 30.9 Å². The Morgan fingerprint density at radius 3 is 1.92 bits per heavy atom. The predicted molar refractivity (Wildman–Crippen MR) is 166 cm³/mol. The molecule has 266 valence electrons. The number of halogens is 7. The molecule has 2 aromatic carbocycles. The molecule has 9 nitrogen and oxygen atoms in total. The third kappa shape index (κ3) is 4.36. The third-order valence-electron chi connectivity index (χ3n) is 11.0. The van der Waals surface area contributed by atoms with Gasteiger partial charge in [-0.3, -0.25) is 24.1 Å². The van der Waals surface area contributed by atoms with E-state index in [0.717, 1.165) is 31.4 Å². The summed E-state index contributed by atoms with van der Waals surface area (Å²) in [6.45, 7) is 0. The second-order valence-electron chi connectivity index (χ2n) is 13.3. The zero-order chi connectivity index (χ0) is 36.2. The Balaban J connectivity index is 1.47. The van der Waals surface area contributed by atoms with Gasteiger partial charge in [-0.05, 0) is 31.6 Å². The number of likely N-dealkylation sites (tertiary alicyclic amines) is 1. The van der Waals surface area contributed by atoms with E-state index in [4.69, 9.17) is 32.7 Å². The summed E-state index contributed by atoms with van der Waals surface area (Å²) in [5, 5.41) is 10.4. The number of amides is 4. The molecule has 6 unspecified atom stereocenters. The number of nitrogens with zero attached hydrogens (tertiary/aromatic N) is 2. The molecule has 0 spiro atoms. The minimum Gasteiger partial charge on any atom is -0.508 e. The third-order valence-corrected chi connectivity index (χ3v) is 12.4. The van der Waals surface area contributed by atoms with Crippen molar-refractivity contribution in [3.8, 4) is 17.2 Å². The number of allylic oxidation sites excluding steroid dienone is 2. The van der Waals surface area contributed by atoms with E-state index in [2.05, 4.69) is 0 Å². The number of benzene rings is 2. The van der Waals surface area contributed by atoms with E-state index in [0.29, 0.717) is 12.8 Å². The maximum atomic E-state index is 15.3. The van der Waals surface area contributed by atoms with Gasteiger partial charge in [-0.15, -0.1) is 23.2 Å². The Bertz CT molecular complexity index is 1870. The molecule has 3 aliphatic carbocycles. The van der Waals surface area contributed by atoms with E-state index >= 15 is 8.78 Å². The molecule has 1 N–H and O–H groups in total. The number of carbonyl (C=O) groups excluding carboxylic acids is 4. The molecule has 5 aliphatic rings. The van der Waals surface area contributed by atoms with Crippen LogP contribution in [0.5, 0.6) is 17.2 Å². The second kappa shape index (κ2) is 11.8. The number of alkyl halides is 2. The van der Waals surface area contributed by atoms with Crippen molar-refractivity contribution in [3.05, 3.63) is 58.4 Å². The number of phenolic OH excluding ortho intramolecular Hbond substituents is 1. The van der Waals surface area contributed by atoms with Gasteiger partial charge in [-0.25, -0.2) is 26.9 Å². The minimum atomic E-state index is -2.77. The monoisotopic (exact) mass is 742 g/mol. The number of phenols is 1. The lowest BCUT2D eigenvalue weighted by atomic mass is 9.56. The van der Waals surface area contributed by atoms with E-state index in [1.54, 1.807) is 6.08 Å². The van der Waals surface area contributed by atoms with Crippen molar-refractivity contribution in [2.24, 2.45) is 17.8 Å². The zero-order valence-corrected chi connectivity index (χ0v) is 28.0. The molecule has 2 aliphatic heterocycles. The molecule has 2 saturated heterocycles. The predicted octanol–water partition coefficient (Wildman–Crippen LogP) is 6.00. The number of fused-ring (bicyclic) bond motifs is 4. The Morgan fingerprint density at radius 1 is 0.800 bits per heavy atom. The molecule has 2 heterocycles. The van der Waals surface area contributed by atoms with Gasteiger partial charge in [0.15, 0.2) is 33.0 Å². The smallest absolute Gasteiger partial charge is 0.258 e. The molecule has 0 radical (unpaired) electrons. The van der Waals surface area contributed by atoms with Crippen molar-refractivity contribution in [2.45, 2.75) is 66.7 Å². The van der Waals surface area contributed by atoms with Crippen LogP contribution in [0.15, 0.2) is 23.8 Å². The standard InChI is InChI=1S/C34H29Cl2F5N2O7/c1-49-18-10-14(44)11-19(50-2)21(18)22-15-8-9-16-20(30(46)42(29(16)45)13-6-4-3-5-7-13)17(15)12-33(35)31(47)43(32(48)34(22,33)36)28-26(40)24(38)23(37)25(39)27(28)41/h8,10-11,13,16-17,20,22,44H,3-7,9,12H2,1-2H3. The molecule has 0 bridgehead atoms. The summed E-state index contributed by atoms with van der Waals surface area (Å²) >= 11 is 14.4. The second-order valence-corrected chi connectivity index (χ2v) is 14.5. The largest absolute Gasteiger partial charge is 0.508 e. The topological polar surface area (TPSA) is 113 Å². The fraction of sp³-hybridized carbons (Fsp3) is 0.471. The van der Waals surface area contributed by atoms with Gasteiger partial charge in [0.2, 0.25) is 17.6 Å². The van der Waals surface area contributed by atoms with Gasteiger partial charge in [0.25, 0.3) is 11.8 Å². The van der Waals surface area contributed by atoms with Crippen LogP contribution in [0.3, 0.4) is 0 Å². The van der Waals surface area contributed by atoms with Crippen molar-refractivity contribution in [2.75, 3.05) is 19.1 Å². The molecule has 6 atom stereocenters. The summed E-state index contributed by atoms with van der Waals surface area (Å²) in [5.41, 5.74) is -1.70. The van der Waals surface area contributed by atoms with Crippen molar-refractivity contribution in [1.29, 1.82) is 0 Å². The van der Waals surface area contributed by atoms with Gasteiger partial charge >= 0.3 is 0 Å². The van der Waals surface area contributed by atoms with E-state index < -0.39 is 98.2 Å². The van der Waals surface area contributed by atoms with Crippen LogP contribution in [0.1, 0.15) is 56.4 Å². The van der Waals surface area contributed by atoms with Crippen LogP contribution >= 0.6 is 23.2 Å². The first-order valence-corrected chi connectivity index (χ1v) is 16.7. The van der Waals surface area contributed by atoms with Gasteiger partial charge in [0.1, 0.15) is 22.9 Å². The van der Waals surface area contributed by atoms with Gasteiger partial charge < -0.3 is 14.6 Å². The lowest BCUT2D eigenvalue weighted by Gasteiger charge is -2.51. The van der Waals surface area contributed by atoms with Crippen LogP contribution in [-0.2, 0) is 19.2 Å². The van der Waals surface area contributed by atoms with Gasteiger partial charge in [-0.2, -0.15) is 0 Å². The van der Waals surface area contributed by atoms with Crippen LogP contribution in [0.2, 0.25) is 0 Å². The molecule has 2 saturated carbocycles. The van der Waals surface area contributed by atoms with E-state index in [9.17, 15) is 37.5 Å². The van der Waals surface area contributed by atoms with E-state index in [1.807, 2.05) is 0 Å². The first-order chi connectivity index (χ1) is 23.6. The molecular formula is C34H29Cl2F5N2O7. The number of ether oxygens (including phenoxy) is 2. The van der Waals surface area contributed by atoms with Gasteiger partial charge in [0.05, 0.1) is 26.1 Å². The maximum absolute atomic E-state index is 15.3. The molecule has 4 fully saturated rings. The average Bonchev–Trinajstić information content (AvgIpc) is 3.44. The summed E-state index contributed by atoms with van der Waals surface area (Å²) in [6.07, 6.45) is 4.78. The Kier molecular flexibility index (Phi) is 8.17. The van der Waals surface area contributed by atoms with Crippen LogP contribution in [0.25, 0.3) is 0 Å². The number of anilines is 1. The molecular weight excluding hydrogens is 714 g/mol. The molecule has 0 aromatic heterocycles. The van der Waals surface area contributed by atoms with E-state index in [-0.39, 0.29) is 45.7 Å². The summed E-state index contributed by atoms with van der Waals surface area (Å²) in [5.74, 6) is -21.8. The van der Waals surface area contributed by atoms with Crippen LogP contribution in [0.4, 0.5) is 27.6 Å². The first kappa shape index (κ1) is 34.5. The molecule has 2 aromatic rings. The highest BCUT2D eigenvalue weighted by Gasteiger charge is 2.77. The number of imide groups is 2. The van der Waals surface area contributed by atoms with Crippen molar-refractivity contribution in [3.63, 3.8) is 0 Å². The highest BCUT2D eigenvalue weighted by atomic mass is 35.5. The fourth-order valence-corrected chi connectivity index (χ4v) is 9.74. The van der Waals surface area contributed by atoms with Crippen molar-refractivity contribution < 1.29 is 55.7 Å². The van der Waals surface area contributed by atoms with Crippen molar-refractivity contribution >= 4 is 52.5 Å². The summed E-state index contributed by atoms with van der Waals surface area (Å²) in [7, 11) is 2.42. The first-order valence-electron chi connectivity index (χ1n) is 16.0. The average molecular weight is 744 g/mol. The SMILES string of the molecule is COc1cc(O)cc(OC)c1C1C2=CCC3C(=O)N(C4CCCCC4)C(=O)C3C2CC2(Cl)C(=O)N(c3c(F)c(F)c(F)c(F)c3F)C(=O)C12Cl. The number of carbonyl (C=O) groups is 4. The minimum absolute atomic E-state index is 0.00918. The lowest BCUT2D eigenvalue weighted by molar-refractivity contribution is -0.143. The number of hydrogen-bond donors (Lipinski definition) is 1. The summed E-state index contributed by atoms with van der Waals surface area (Å²) in [4.78, 5) is 52.6. The highest BCUT2D eigenvalue weighted by Crippen LogP contribution is 2.68. The maximum Gasteiger partial charge on any atom is 0.258 e. The molecule has 16 heteroatoms. The normalized spacial score (nSPS) is 31.1. The molecule has 7 rings (SSSR count). The Labute approximate surface area is 291 Å². The molecule has 50 heavy (non-hydrogen) atoms. The highest BCUT2D eigenvalue weighted by molar-refractivity contribution is 6.58. The Morgan fingerprint density at radius 2 is 1.36 bits per heavy atom. The number of hydrogen-bond acceptors (Lipinski definition) is 7. The quantitative estimate of drug-likeness (QED) is 0.0999. The van der Waals surface area contributed by atoms with Crippen LogP contribution in [-0.4, -0.2) is 63.6 Å². The molecule has 4 amide bonds. The number of aromatic hydroxyl groups is 1. The van der Waals surface area contributed by atoms with Crippen molar-refractivity contribution in [1.82, 2.24) is 4.90 Å². The van der Waals surface area contributed by atoms with Crippen LogP contribution in [0, 0.1) is 46.8 Å². The Hall–Kier alpha value is -3.91. The number of rotatable bonds is 5. The fourth-order valence-electron chi connectivity index (χ4n) is 8.82. The number of methoxy groups -OCH3 is 2. The summed E-state index contributed by atoms with van der Waals surface area (Å²) < 4.78 is 84.7. The zero-order valence-electron chi connectivity index (χ0n) is 26.5. The van der Waals surface area contributed by atoms with Crippen LogP contribution < -0.4 is 14.4 Å². The lowest BCUT2D eigenvalue weighted by Crippen LogP contribution is -2.60.